The minimum absolute atomic E-state index is 0.0380. The molecule has 4 aromatic rings. The van der Waals surface area contributed by atoms with Gasteiger partial charge in [0.25, 0.3) is 0 Å². The first kappa shape index (κ1) is 23.4. The first-order valence-corrected chi connectivity index (χ1v) is 12.2. The van der Waals surface area contributed by atoms with Crippen molar-refractivity contribution in [2.24, 2.45) is 10.9 Å². The van der Waals surface area contributed by atoms with Gasteiger partial charge in [0.05, 0.1) is 10.6 Å². The third-order valence-electron chi connectivity index (χ3n) is 5.05. The van der Waals surface area contributed by atoms with E-state index in [-0.39, 0.29) is 10.9 Å². The molecule has 34 heavy (non-hydrogen) atoms. The lowest BCUT2D eigenvalue weighted by Crippen LogP contribution is -2.30. The fourth-order valence-corrected chi connectivity index (χ4v) is 3.85. The predicted octanol–water partition coefficient (Wildman–Crippen LogP) is 3.48. The maximum atomic E-state index is 11.4. The molecular formula is C25H25N5O3S. The molecule has 9 heteroatoms. The van der Waals surface area contributed by atoms with Crippen molar-refractivity contribution in [2.75, 3.05) is 11.9 Å². The highest BCUT2D eigenvalue weighted by molar-refractivity contribution is 7.89. The summed E-state index contributed by atoms with van der Waals surface area (Å²) in [5.41, 5.74) is 9.65. The zero-order valence-electron chi connectivity index (χ0n) is 18.3. The molecule has 0 radical (unpaired) electrons. The van der Waals surface area contributed by atoms with Gasteiger partial charge >= 0.3 is 0 Å². The molecule has 1 atom stereocenters. The number of anilines is 2. The van der Waals surface area contributed by atoms with Gasteiger partial charge in [0.15, 0.2) is 0 Å². The Hall–Kier alpha value is -3.79. The summed E-state index contributed by atoms with van der Waals surface area (Å²) in [6.45, 7) is 0.417. The zero-order valence-corrected chi connectivity index (χ0v) is 19.2. The fourth-order valence-electron chi connectivity index (χ4n) is 3.34. The monoisotopic (exact) mass is 475 g/mol. The third-order valence-corrected chi connectivity index (χ3v) is 5.98. The van der Waals surface area contributed by atoms with Gasteiger partial charge in [0.1, 0.15) is 12.4 Å². The number of benzene rings is 3. The molecule has 0 unspecified atom stereocenters. The van der Waals surface area contributed by atoms with Crippen LogP contribution in [0.4, 0.5) is 11.6 Å². The molecule has 0 saturated heterocycles. The van der Waals surface area contributed by atoms with Gasteiger partial charge in [-0.3, -0.25) is 0 Å². The SMILES string of the molecule is N[C@@H](COc1ccc(-c2ccnc(Nc3ccc(S(N)(=O)=O)cc3)n2)cc1)Cc1ccccc1. The van der Waals surface area contributed by atoms with Gasteiger partial charge in [0, 0.05) is 23.5 Å². The van der Waals surface area contributed by atoms with Crippen LogP contribution >= 0.6 is 0 Å². The van der Waals surface area contributed by atoms with Crippen LogP contribution in [0.3, 0.4) is 0 Å². The normalized spacial score (nSPS) is 12.2. The van der Waals surface area contributed by atoms with E-state index in [0.29, 0.717) is 18.2 Å². The number of hydrogen-bond donors (Lipinski definition) is 3. The van der Waals surface area contributed by atoms with E-state index in [2.05, 4.69) is 27.4 Å². The molecule has 1 aromatic heterocycles. The van der Waals surface area contributed by atoms with E-state index in [1.807, 2.05) is 42.5 Å². The highest BCUT2D eigenvalue weighted by Gasteiger charge is 2.09. The first-order chi connectivity index (χ1) is 16.4. The summed E-state index contributed by atoms with van der Waals surface area (Å²) in [7, 11) is -3.74. The number of nitrogens with one attached hydrogen (secondary N) is 1. The van der Waals surface area contributed by atoms with Gasteiger partial charge in [-0.1, -0.05) is 30.3 Å². The van der Waals surface area contributed by atoms with Crippen LogP contribution in [-0.2, 0) is 16.4 Å². The van der Waals surface area contributed by atoms with Crippen molar-refractivity contribution in [1.29, 1.82) is 0 Å². The number of nitrogens with zero attached hydrogens (tertiary/aromatic N) is 2. The number of aromatic nitrogens is 2. The maximum absolute atomic E-state index is 11.4. The summed E-state index contributed by atoms with van der Waals surface area (Å²) in [4.78, 5) is 8.80. The molecule has 0 spiro atoms. The molecule has 1 heterocycles. The van der Waals surface area contributed by atoms with Gasteiger partial charge in [0.2, 0.25) is 16.0 Å². The molecule has 174 valence electrons. The van der Waals surface area contributed by atoms with Crippen molar-refractivity contribution in [1.82, 2.24) is 9.97 Å². The first-order valence-electron chi connectivity index (χ1n) is 10.6. The Morgan fingerprint density at radius 1 is 0.912 bits per heavy atom. The van der Waals surface area contributed by atoms with Crippen LogP contribution in [0.2, 0.25) is 0 Å². The van der Waals surface area contributed by atoms with E-state index < -0.39 is 10.0 Å². The van der Waals surface area contributed by atoms with Crippen LogP contribution in [0.25, 0.3) is 11.3 Å². The quantitative estimate of drug-likeness (QED) is 0.337. The molecule has 0 aliphatic carbocycles. The number of nitrogens with two attached hydrogens (primary N) is 2. The van der Waals surface area contributed by atoms with Gasteiger partial charge in [-0.15, -0.1) is 0 Å². The lowest BCUT2D eigenvalue weighted by Gasteiger charge is -2.13. The Morgan fingerprint density at radius 2 is 1.62 bits per heavy atom. The Kier molecular flexibility index (Phi) is 7.17. The van der Waals surface area contributed by atoms with Gasteiger partial charge in [-0.05, 0) is 66.6 Å². The third kappa shape index (κ3) is 6.38. The largest absolute Gasteiger partial charge is 0.492 e. The molecule has 0 fully saturated rings. The van der Waals surface area contributed by atoms with Crippen molar-refractivity contribution in [3.63, 3.8) is 0 Å². The highest BCUT2D eigenvalue weighted by atomic mass is 32.2. The average molecular weight is 476 g/mol. The van der Waals surface area contributed by atoms with Crippen LogP contribution in [-0.4, -0.2) is 31.0 Å². The van der Waals surface area contributed by atoms with Crippen LogP contribution in [0.5, 0.6) is 5.75 Å². The number of rotatable bonds is 9. The summed E-state index contributed by atoms with van der Waals surface area (Å²) in [5.74, 6) is 1.11. The molecule has 0 aliphatic heterocycles. The predicted molar refractivity (Wildman–Crippen MR) is 132 cm³/mol. The van der Waals surface area contributed by atoms with E-state index in [4.69, 9.17) is 15.6 Å². The standard InChI is InChI=1S/C25H25N5O3S/c26-20(16-18-4-2-1-3-5-18)17-33-22-10-6-19(7-11-22)24-14-15-28-25(30-24)29-21-8-12-23(13-9-21)34(27,31)32/h1-15,20H,16-17,26H2,(H2,27,31,32)(H,28,29,30)/t20-/m1/s1. The van der Waals surface area contributed by atoms with Crippen LogP contribution in [0.1, 0.15) is 5.56 Å². The second-order valence-electron chi connectivity index (χ2n) is 7.75. The van der Waals surface area contributed by atoms with E-state index in [1.165, 1.54) is 17.7 Å². The van der Waals surface area contributed by atoms with Crippen LogP contribution < -0.4 is 20.9 Å². The summed E-state index contributed by atoms with van der Waals surface area (Å²) < 4.78 is 28.6. The fraction of sp³-hybridized carbons (Fsp3) is 0.120. The van der Waals surface area contributed by atoms with E-state index in [1.54, 1.807) is 24.4 Å². The lowest BCUT2D eigenvalue weighted by atomic mass is 10.1. The average Bonchev–Trinajstić information content (AvgIpc) is 2.84. The van der Waals surface area contributed by atoms with Gasteiger partial charge in [-0.25, -0.2) is 23.5 Å². The molecule has 5 N–H and O–H groups in total. The van der Waals surface area contributed by atoms with Gasteiger partial charge in [-0.2, -0.15) is 0 Å². The van der Waals surface area contributed by atoms with E-state index in [0.717, 1.165) is 23.4 Å². The van der Waals surface area contributed by atoms with Gasteiger partial charge < -0.3 is 15.8 Å². The smallest absolute Gasteiger partial charge is 0.238 e. The topological polar surface area (TPSA) is 133 Å². The molecule has 0 bridgehead atoms. The van der Waals surface area contributed by atoms with Crippen molar-refractivity contribution in [2.45, 2.75) is 17.4 Å². The summed E-state index contributed by atoms with van der Waals surface area (Å²) in [6.07, 6.45) is 2.40. The maximum Gasteiger partial charge on any atom is 0.238 e. The number of hydrogen-bond acceptors (Lipinski definition) is 7. The molecule has 0 saturated carbocycles. The Balaban J connectivity index is 1.37. The molecule has 3 aromatic carbocycles. The second kappa shape index (κ2) is 10.4. The molecular weight excluding hydrogens is 450 g/mol. The lowest BCUT2D eigenvalue weighted by molar-refractivity contribution is 0.287. The zero-order chi connectivity index (χ0) is 24.0. The van der Waals surface area contributed by atoms with Crippen LogP contribution in [0.15, 0.2) is 96.0 Å². The van der Waals surface area contributed by atoms with Crippen molar-refractivity contribution in [3.8, 4) is 17.0 Å². The Morgan fingerprint density at radius 3 is 2.29 bits per heavy atom. The van der Waals surface area contributed by atoms with E-state index in [9.17, 15) is 8.42 Å². The van der Waals surface area contributed by atoms with Crippen molar-refractivity contribution >= 4 is 21.7 Å². The number of primary sulfonamides is 1. The minimum atomic E-state index is -3.74. The van der Waals surface area contributed by atoms with Crippen molar-refractivity contribution < 1.29 is 13.2 Å². The molecule has 4 rings (SSSR count). The Bertz CT molecular complexity index is 1330. The summed E-state index contributed by atoms with van der Waals surface area (Å²) in [6, 6.07) is 25.5. The molecule has 0 aliphatic rings. The molecule has 8 nitrogen and oxygen atoms in total. The van der Waals surface area contributed by atoms with Crippen molar-refractivity contribution in [3.05, 3.63) is 96.7 Å². The minimum Gasteiger partial charge on any atom is -0.492 e. The highest BCUT2D eigenvalue weighted by Crippen LogP contribution is 2.23. The van der Waals surface area contributed by atoms with E-state index >= 15 is 0 Å². The number of sulfonamides is 1. The second-order valence-corrected chi connectivity index (χ2v) is 9.31. The number of ether oxygens (including phenoxy) is 1. The Labute approximate surface area is 198 Å². The summed E-state index contributed by atoms with van der Waals surface area (Å²) in [5, 5.41) is 8.19. The summed E-state index contributed by atoms with van der Waals surface area (Å²) >= 11 is 0. The van der Waals surface area contributed by atoms with Crippen LogP contribution in [0, 0.1) is 0 Å². The molecule has 0 amide bonds.